The van der Waals surface area contributed by atoms with Crippen LogP contribution in [-0.4, -0.2) is 57.0 Å². The molecule has 0 saturated carbocycles. The molecule has 1 saturated heterocycles. The number of nitrogens with zero attached hydrogens (tertiary/aromatic N) is 5. The fourth-order valence-electron chi connectivity index (χ4n) is 3.18. The quantitative estimate of drug-likeness (QED) is 0.779. The van der Waals surface area contributed by atoms with Crippen LogP contribution in [0.1, 0.15) is 12.8 Å². The number of hydrogen-bond acceptors (Lipinski definition) is 6. The van der Waals surface area contributed by atoms with Crippen LogP contribution in [0.25, 0.3) is 17.0 Å². The van der Waals surface area contributed by atoms with E-state index in [0.29, 0.717) is 24.6 Å². The lowest BCUT2D eigenvalue weighted by Crippen LogP contribution is -2.42. The minimum absolute atomic E-state index is 0.262. The lowest BCUT2D eigenvalue weighted by Gasteiger charge is -2.31. The number of aromatic nitrogens is 4. The van der Waals surface area contributed by atoms with Crippen LogP contribution >= 0.6 is 0 Å². The van der Waals surface area contributed by atoms with Gasteiger partial charge in [-0.2, -0.15) is 4.52 Å². The maximum atomic E-state index is 11.6. The third-order valence-electron chi connectivity index (χ3n) is 4.57. The lowest BCUT2D eigenvalue weighted by atomic mass is 10.1. The average Bonchev–Trinajstić information content (AvgIpc) is 3.12. The predicted molar refractivity (Wildman–Crippen MR) is 96.8 cm³/mol. The van der Waals surface area contributed by atoms with E-state index in [2.05, 4.69) is 20.6 Å². The molecule has 2 aromatic heterocycles. The number of amides is 1. The summed E-state index contributed by atoms with van der Waals surface area (Å²) in [5.41, 5.74) is 1.67. The lowest BCUT2D eigenvalue weighted by molar-refractivity contribution is 0.113. The van der Waals surface area contributed by atoms with E-state index in [0.717, 1.165) is 24.2 Å². The van der Waals surface area contributed by atoms with Crippen molar-refractivity contribution in [3.8, 4) is 11.4 Å². The Morgan fingerprint density at radius 1 is 1.12 bits per heavy atom. The summed E-state index contributed by atoms with van der Waals surface area (Å²) in [7, 11) is 1.41. The Balaban J connectivity index is 1.51. The van der Waals surface area contributed by atoms with Crippen LogP contribution in [-0.2, 0) is 4.74 Å². The van der Waals surface area contributed by atoms with Crippen LogP contribution in [0.5, 0.6) is 0 Å². The van der Waals surface area contributed by atoms with Gasteiger partial charge in [-0.25, -0.2) is 4.79 Å². The van der Waals surface area contributed by atoms with Crippen molar-refractivity contribution in [2.24, 2.45) is 0 Å². The minimum atomic E-state index is -0.264. The van der Waals surface area contributed by atoms with E-state index in [1.165, 1.54) is 7.11 Å². The van der Waals surface area contributed by atoms with Gasteiger partial charge in [-0.15, -0.1) is 15.3 Å². The summed E-state index contributed by atoms with van der Waals surface area (Å²) in [6.45, 7) is 1.35. The summed E-state index contributed by atoms with van der Waals surface area (Å²) in [6, 6.07) is 13.9. The second-order valence-corrected chi connectivity index (χ2v) is 6.25. The van der Waals surface area contributed by atoms with E-state index >= 15 is 0 Å². The van der Waals surface area contributed by atoms with Gasteiger partial charge in [-0.05, 0) is 25.0 Å². The molecule has 0 bridgehead atoms. The zero-order chi connectivity index (χ0) is 17.9. The number of benzene rings is 1. The van der Waals surface area contributed by atoms with Crippen LogP contribution in [0.15, 0.2) is 42.5 Å². The third kappa shape index (κ3) is 3.17. The predicted octanol–water partition coefficient (Wildman–Crippen LogP) is 2.43. The number of carbonyl (C=O) groups excluding carboxylic acids is 1. The topological polar surface area (TPSA) is 84.6 Å². The first-order chi connectivity index (χ1) is 12.7. The molecule has 1 N–H and O–H groups in total. The molecule has 0 radical (unpaired) electrons. The van der Waals surface area contributed by atoms with E-state index in [-0.39, 0.29) is 12.1 Å². The highest BCUT2D eigenvalue weighted by Gasteiger charge is 2.23. The zero-order valence-corrected chi connectivity index (χ0v) is 14.5. The highest BCUT2D eigenvalue weighted by Crippen LogP contribution is 2.20. The van der Waals surface area contributed by atoms with Gasteiger partial charge in [0.25, 0.3) is 0 Å². The van der Waals surface area contributed by atoms with E-state index in [9.17, 15) is 4.79 Å². The first kappa shape index (κ1) is 16.3. The van der Waals surface area contributed by atoms with Gasteiger partial charge in [0, 0.05) is 24.7 Å². The summed E-state index contributed by atoms with van der Waals surface area (Å²) >= 11 is 0. The Kier molecular flexibility index (Phi) is 4.39. The molecule has 8 nitrogen and oxygen atoms in total. The van der Waals surface area contributed by atoms with Gasteiger partial charge < -0.3 is 15.0 Å². The molecule has 26 heavy (non-hydrogen) atoms. The van der Waals surface area contributed by atoms with Crippen molar-refractivity contribution in [2.75, 3.05) is 25.5 Å². The van der Waals surface area contributed by atoms with Crippen LogP contribution in [0.3, 0.4) is 0 Å². The Labute approximate surface area is 150 Å². The van der Waals surface area contributed by atoms with Crippen LogP contribution in [0, 0.1) is 0 Å². The van der Waals surface area contributed by atoms with Crippen molar-refractivity contribution < 1.29 is 9.53 Å². The Bertz CT molecular complexity index is 902. The van der Waals surface area contributed by atoms with Gasteiger partial charge in [0.2, 0.25) is 0 Å². The number of rotatable bonds is 3. The fraction of sp³-hybridized carbons (Fsp3) is 0.333. The molecule has 8 heteroatoms. The highest BCUT2D eigenvalue weighted by atomic mass is 16.5. The van der Waals surface area contributed by atoms with Gasteiger partial charge >= 0.3 is 6.09 Å². The van der Waals surface area contributed by atoms with Gasteiger partial charge in [-0.1, -0.05) is 30.3 Å². The second kappa shape index (κ2) is 6.99. The number of methoxy groups -OCH3 is 1. The molecule has 1 aromatic carbocycles. The number of fused-ring (bicyclic) bond motifs is 1. The maximum absolute atomic E-state index is 11.6. The number of ether oxygens (including phenoxy) is 1. The van der Waals surface area contributed by atoms with Gasteiger partial charge in [-0.3, -0.25) is 0 Å². The second-order valence-electron chi connectivity index (χ2n) is 6.25. The number of likely N-dealkylation sites (tertiary alicyclic amines) is 1. The summed E-state index contributed by atoms with van der Waals surface area (Å²) in [5.74, 6) is 1.48. The standard InChI is InChI=1S/C18H20N6O2/c1-26-18(25)23-11-9-14(10-12-23)19-15-7-8-16-20-21-17(24(16)22-15)13-5-3-2-4-6-13/h2-8,14H,9-12H2,1H3,(H,19,22). The summed E-state index contributed by atoms with van der Waals surface area (Å²) in [4.78, 5) is 13.3. The molecular weight excluding hydrogens is 332 g/mol. The molecule has 134 valence electrons. The van der Waals surface area contributed by atoms with E-state index in [4.69, 9.17) is 4.74 Å². The zero-order valence-electron chi connectivity index (χ0n) is 14.5. The molecule has 0 atom stereocenters. The number of nitrogens with one attached hydrogen (secondary N) is 1. The maximum Gasteiger partial charge on any atom is 0.409 e. The Morgan fingerprint density at radius 3 is 2.62 bits per heavy atom. The molecule has 1 aliphatic rings. The molecule has 1 aliphatic heterocycles. The molecule has 1 fully saturated rings. The molecule has 3 heterocycles. The van der Waals surface area contributed by atoms with Crippen molar-refractivity contribution in [1.29, 1.82) is 0 Å². The molecule has 0 aliphatic carbocycles. The Hall–Kier alpha value is -3.16. The smallest absolute Gasteiger partial charge is 0.409 e. The molecular formula is C18H20N6O2. The van der Waals surface area contributed by atoms with Crippen LogP contribution in [0.4, 0.5) is 10.6 Å². The monoisotopic (exact) mass is 352 g/mol. The summed E-state index contributed by atoms with van der Waals surface area (Å²) in [5, 5.41) is 16.5. The van der Waals surface area contributed by atoms with Crippen molar-refractivity contribution in [2.45, 2.75) is 18.9 Å². The Morgan fingerprint density at radius 2 is 1.88 bits per heavy atom. The number of carbonyl (C=O) groups is 1. The van der Waals surface area contributed by atoms with E-state index in [1.54, 1.807) is 9.42 Å². The third-order valence-corrected chi connectivity index (χ3v) is 4.57. The number of piperidine rings is 1. The van der Waals surface area contributed by atoms with Crippen LogP contribution in [0.2, 0.25) is 0 Å². The average molecular weight is 352 g/mol. The van der Waals surface area contributed by atoms with Crippen molar-refractivity contribution in [3.63, 3.8) is 0 Å². The number of hydrogen-bond donors (Lipinski definition) is 1. The molecule has 3 aromatic rings. The van der Waals surface area contributed by atoms with Crippen molar-refractivity contribution >= 4 is 17.6 Å². The van der Waals surface area contributed by atoms with Gasteiger partial charge in [0.1, 0.15) is 5.82 Å². The van der Waals surface area contributed by atoms with Crippen molar-refractivity contribution in [3.05, 3.63) is 42.5 Å². The number of anilines is 1. The molecule has 0 spiro atoms. The largest absolute Gasteiger partial charge is 0.453 e. The van der Waals surface area contributed by atoms with Crippen LogP contribution < -0.4 is 5.32 Å². The first-order valence-corrected chi connectivity index (χ1v) is 8.62. The van der Waals surface area contributed by atoms with E-state index in [1.807, 2.05) is 42.5 Å². The van der Waals surface area contributed by atoms with Crippen molar-refractivity contribution in [1.82, 2.24) is 24.7 Å². The van der Waals surface area contributed by atoms with Gasteiger partial charge in [0.05, 0.1) is 7.11 Å². The van der Waals surface area contributed by atoms with Gasteiger partial charge in [0.15, 0.2) is 11.5 Å². The molecule has 0 unspecified atom stereocenters. The van der Waals surface area contributed by atoms with E-state index < -0.39 is 0 Å². The highest BCUT2D eigenvalue weighted by molar-refractivity contribution is 5.67. The summed E-state index contributed by atoms with van der Waals surface area (Å²) < 4.78 is 6.53. The molecule has 4 rings (SSSR count). The normalized spacial score (nSPS) is 15.2. The fourth-order valence-corrected chi connectivity index (χ4v) is 3.18. The summed E-state index contributed by atoms with van der Waals surface area (Å²) in [6.07, 6.45) is 1.44. The molecule has 1 amide bonds. The SMILES string of the molecule is COC(=O)N1CCC(Nc2ccc3nnc(-c4ccccc4)n3n2)CC1. The minimum Gasteiger partial charge on any atom is -0.453 e. The first-order valence-electron chi connectivity index (χ1n) is 8.62.